The maximum atomic E-state index is 12.4. The molecule has 0 atom stereocenters. The lowest BCUT2D eigenvalue weighted by atomic mass is 10.0. The van der Waals surface area contributed by atoms with Crippen LogP contribution in [-0.2, 0) is 6.42 Å². The van der Waals surface area contributed by atoms with Crippen LogP contribution in [0.2, 0.25) is 0 Å². The number of H-pyrrole nitrogens is 1. The number of nitrogens with one attached hydrogen (secondary N) is 2. The number of benzene rings is 2. The molecule has 0 saturated heterocycles. The van der Waals surface area contributed by atoms with Crippen LogP contribution in [-0.4, -0.2) is 31.0 Å². The fraction of sp³-hybridized carbons (Fsp3) is 0.348. The Morgan fingerprint density at radius 2 is 1.79 bits per heavy atom. The van der Waals surface area contributed by atoms with E-state index in [1.54, 1.807) is 7.11 Å². The molecule has 3 rings (SSSR count). The van der Waals surface area contributed by atoms with E-state index in [0.29, 0.717) is 6.42 Å². The van der Waals surface area contributed by atoms with Gasteiger partial charge in [-0.15, -0.1) is 12.4 Å². The lowest BCUT2D eigenvalue weighted by molar-refractivity contribution is 0.0981. The Balaban J connectivity index is 0.00000280. The fourth-order valence-corrected chi connectivity index (χ4v) is 3.41. The van der Waals surface area contributed by atoms with Gasteiger partial charge in [0.05, 0.1) is 7.11 Å². The van der Waals surface area contributed by atoms with Gasteiger partial charge < -0.3 is 15.0 Å². The summed E-state index contributed by atoms with van der Waals surface area (Å²) in [5.41, 5.74) is 3.08. The number of hydrogen-bond acceptors (Lipinski definition) is 3. The third kappa shape index (κ3) is 5.85. The van der Waals surface area contributed by atoms with Gasteiger partial charge in [-0.05, 0) is 50.0 Å². The monoisotopic (exact) mass is 400 g/mol. The molecule has 4 nitrogen and oxygen atoms in total. The smallest absolute Gasteiger partial charge is 0.165 e. The van der Waals surface area contributed by atoms with Crippen LogP contribution in [0.1, 0.15) is 41.6 Å². The van der Waals surface area contributed by atoms with Crippen LogP contribution >= 0.6 is 12.4 Å². The van der Waals surface area contributed by atoms with E-state index < -0.39 is 0 Å². The molecule has 28 heavy (non-hydrogen) atoms. The predicted molar refractivity (Wildman–Crippen MR) is 118 cm³/mol. The van der Waals surface area contributed by atoms with E-state index in [4.69, 9.17) is 4.74 Å². The second kappa shape index (κ2) is 11.5. The van der Waals surface area contributed by atoms with E-state index in [2.05, 4.69) is 16.4 Å². The maximum Gasteiger partial charge on any atom is 0.165 e. The van der Waals surface area contributed by atoms with Crippen LogP contribution in [0.3, 0.4) is 0 Å². The van der Waals surface area contributed by atoms with Crippen molar-refractivity contribution in [1.29, 1.82) is 0 Å². The average molecular weight is 401 g/mol. The van der Waals surface area contributed by atoms with E-state index in [1.807, 2.05) is 48.7 Å². The number of ether oxygens (including phenoxy) is 1. The molecule has 0 unspecified atom stereocenters. The lowest BCUT2D eigenvalue weighted by Crippen LogP contribution is -2.18. The molecule has 5 heteroatoms. The molecule has 0 bridgehead atoms. The minimum Gasteiger partial charge on any atom is -0.496 e. The molecule has 0 aliphatic heterocycles. The van der Waals surface area contributed by atoms with E-state index in [9.17, 15) is 4.79 Å². The summed E-state index contributed by atoms with van der Waals surface area (Å²) < 4.78 is 5.37. The third-order valence-electron chi connectivity index (χ3n) is 4.91. The van der Waals surface area contributed by atoms with Crippen molar-refractivity contribution >= 4 is 29.1 Å². The molecule has 150 valence electrons. The van der Waals surface area contributed by atoms with Gasteiger partial charge in [0, 0.05) is 29.1 Å². The highest BCUT2D eigenvalue weighted by molar-refractivity contribution is 6.07. The van der Waals surface area contributed by atoms with Gasteiger partial charge in [-0.1, -0.05) is 42.8 Å². The fourth-order valence-electron chi connectivity index (χ4n) is 3.41. The van der Waals surface area contributed by atoms with Crippen molar-refractivity contribution in [2.75, 3.05) is 20.2 Å². The summed E-state index contributed by atoms with van der Waals surface area (Å²) in [6.07, 6.45) is 6.51. The number of carbonyl (C=O) groups is 1. The Kier molecular flexibility index (Phi) is 9.05. The lowest BCUT2D eigenvalue weighted by Gasteiger charge is -2.09. The number of unbranched alkanes of at least 4 members (excludes halogenated alkanes) is 2. The van der Waals surface area contributed by atoms with Gasteiger partial charge in [0.25, 0.3) is 0 Å². The number of rotatable bonds is 11. The highest BCUT2D eigenvalue weighted by Crippen LogP contribution is 2.20. The van der Waals surface area contributed by atoms with Gasteiger partial charge in [-0.2, -0.15) is 0 Å². The van der Waals surface area contributed by atoms with Crippen molar-refractivity contribution < 1.29 is 9.53 Å². The topological polar surface area (TPSA) is 54.1 Å². The summed E-state index contributed by atoms with van der Waals surface area (Å²) >= 11 is 0. The summed E-state index contributed by atoms with van der Waals surface area (Å²) in [5, 5.41) is 4.51. The largest absolute Gasteiger partial charge is 0.496 e. The van der Waals surface area contributed by atoms with Crippen LogP contribution in [0, 0.1) is 0 Å². The Morgan fingerprint density at radius 1 is 1.00 bits per heavy atom. The first-order valence-electron chi connectivity index (χ1n) is 9.71. The number of hydrogen-bond donors (Lipinski definition) is 2. The zero-order chi connectivity index (χ0) is 18.9. The summed E-state index contributed by atoms with van der Waals surface area (Å²) in [7, 11) is 1.71. The predicted octanol–water partition coefficient (Wildman–Crippen LogP) is 5.17. The Hall–Kier alpha value is -2.30. The summed E-state index contributed by atoms with van der Waals surface area (Å²) in [6, 6.07) is 16.1. The molecule has 0 radical (unpaired) electrons. The molecule has 0 amide bonds. The Morgan fingerprint density at radius 3 is 2.64 bits per heavy atom. The highest BCUT2D eigenvalue weighted by atomic mass is 35.5. The van der Waals surface area contributed by atoms with Crippen LogP contribution < -0.4 is 10.1 Å². The first-order valence-corrected chi connectivity index (χ1v) is 9.71. The SMILES string of the molecule is COc1ccccc1CCNCCCCCC(=O)c1c[nH]c2ccccc12.Cl. The first kappa shape index (κ1) is 22.0. The van der Waals surface area contributed by atoms with Gasteiger partial charge >= 0.3 is 0 Å². The minimum absolute atomic E-state index is 0. The molecule has 2 N–H and O–H groups in total. The van der Waals surface area contributed by atoms with Crippen LogP contribution in [0.4, 0.5) is 0 Å². The zero-order valence-corrected chi connectivity index (χ0v) is 17.2. The summed E-state index contributed by atoms with van der Waals surface area (Å²) in [4.78, 5) is 15.6. The number of Topliss-reactive ketones (excluding diaryl/α,β-unsaturated/α-hetero) is 1. The second-order valence-electron chi connectivity index (χ2n) is 6.79. The van der Waals surface area contributed by atoms with E-state index >= 15 is 0 Å². The Labute approximate surface area is 173 Å². The first-order chi connectivity index (χ1) is 13.3. The van der Waals surface area contributed by atoms with Gasteiger partial charge in [0.2, 0.25) is 0 Å². The molecule has 0 fully saturated rings. The second-order valence-corrected chi connectivity index (χ2v) is 6.79. The molecule has 1 aromatic heterocycles. The number of fused-ring (bicyclic) bond motifs is 1. The molecule has 3 aromatic rings. The molecular weight excluding hydrogens is 372 g/mol. The van der Waals surface area contributed by atoms with Gasteiger partial charge in [0.15, 0.2) is 5.78 Å². The van der Waals surface area contributed by atoms with Crippen molar-refractivity contribution in [3.8, 4) is 5.75 Å². The normalized spacial score (nSPS) is 10.6. The van der Waals surface area contributed by atoms with E-state index in [0.717, 1.165) is 61.0 Å². The number of halogens is 1. The van der Waals surface area contributed by atoms with E-state index in [1.165, 1.54) is 5.56 Å². The molecule has 1 heterocycles. The molecule has 0 aliphatic rings. The van der Waals surface area contributed by atoms with Crippen LogP contribution in [0.25, 0.3) is 10.9 Å². The summed E-state index contributed by atoms with van der Waals surface area (Å²) in [5.74, 6) is 1.19. The van der Waals surface area contributed by atoms with Crippen molar-refractivity contribution in [2.45, 2.75) is 32.1 Å². The molecular formula is C23H29ClN2O2. The molecule has 2 aromatic carbocycles. The van der Waals surface area contributed by atoms with Crippen LogP contribution in [0.15, 0.2) is 54.7 Å². The highest BCUT2D eigenvalue weighted by Gasteiger charge is 2.11. The Bertz CT molecular complexity index is 876. The average Bonchev–Trinajstić information content (AvgIpc) is 3.14. The number of para-hydroxylation sites is 2. The van der Waals surface area contributed by atoms with Crippen molar-refractivity contribution in [2.24, 2.45) is 0 Å². The summed E-state index contributed by atoms with van der Waals surface area (Å²) in [6.45, 7) is 1.92. The van der Waals surface area contributed by atoms with Gasteiger partial charge in [0.1, 0.15) is 5.75 Å². The standard InChI is InChI=1S/C23H28N2O2.ClH/c1-27-23-13-7-4-9-18(23)14-16-24-15-8-2-3-12-22(26)20-17-25-21-11-6-5-10-19(20)21;/h4-7,9-11,13,17,24-25H,2-3,8,12,14-16H2,1H3;1H. The number of methoxy groups -OCH3 is 1. The quantitative estimate of drug-likeness (QED) is 0.344. The zero-order valence-electron chi connectivity index (χ0n) is 16.4. The van der Waals surface area contributed by atoms with Crippen molar-refractivity contribution in [1.82, 2.24) is 10.3 Å². The third-order valence-corrected chi connectivity index (χ3v) is 4.91. The molecule has 0 aliphatic carbocycles. The number of ketones is 1. The van der Waals surface area contributed by atoms with Crippen molar-refractivity contribution in [3.05, 3.63) is 65.9 Å². The minimum atomic E-state index is 0. The van der Waals surface area contributed by atoms with Gasteiger partial charge in [-0.3, -0.25) is 4.79 Å². The molecule has 0 spiro atoms. The molecule has 0 saturated carbocycles. The van der Waals surface area contributed by atoms with Crippen LogP contribution in [0.5, 0.6) is 5.75 Å². The number of carbonyl (C=O) groups excluding carboxylic acids is 1. The maximum absolute atomic E-state index is 12.4. The number of aromatic amines is 1. The van der Waals surface area contributed by atoms with Crippen molar-refractivity contribution in [3.63, 3.8) is 0 Å². The van der Waals surface area contributed by atoms with E-state index in [-0.39, 0.29) is 18.2 Å². The van der Waals surface area contributed by atoms with Gasteiger partial charge in [-0.25, -0.2) is 0 Å². The number of aromatic nitrogens is 1.